The van der Waals surface area contributed by atoms with Gasteiger partial charge in [0.1, 0.15) is 6.17 Å². The number of hydrogen-bond donors (Lipinski definition) is 1. The van der Waals surface area contributed by atoms with Gasteiger partial charge < -0.3 is 5.32 Å². The molecule has 0 fully saturated rings. The van der Waals surface area contributed by atoms with Crippen LogP contribution in [0.1, 0.15) is 18.2 Å². The molecular weight excluding hydrogens is 238 g/mol. The van der Waals surface area contributed by atoms with Crippen LogP contribution in [0.3, 0.4) is 0 Å². The SMILES string of the molecule is O=C(NCCC(F)c1ccccc1)C(F)(F)F. The third kappa shape index (κ3) is 4.42. The molecule has 1 aromatic carbocycles. The highest BCUT2D eigenvalue weighted by atomic mass is 19.4. The molecule has 1 N–H and O–H groups in total. The number of benzene rings is 1. The van der Waals surface area contributed by atoms with Crippen molar-refractivity contribution >= 4 is 5.91 Å². The van der Waals surface area contributed by atoms with E-state index in [1.807, 2.05) is 0 Å². The third-order valence-corrected chi connectivity index (χ3v) is 2.10. The standard InChI is InChI=1S/C11H11F4NO/c12-9(8-4-2-1-3-5-8)6-7-16-10(17)11(13,14)15/h1-5,9H,6-7H2,(H,16,17). The predicted octanol–water partition coefficient (Wildman–Crippen LogP) is 2.77. The molecule has 17 heavy (non-hydrogen) atoms. The van der Waals surface area contributed by atoms with Crippen molar-refractivity contribution in [3.05, 3.63) is 35.9 Å². The highest BCUT2D eigenvalue weighted by molar-refractivity contribution is 5.81. The lowest BCUT2D eigenvalue weighted by molar-refractivity contribution is -0.173. The van der Waals surface area contributed by atoms with Crippen LogP contribution >= 0.6 is 0 Å². The molecule has 1 atom stereocenters. The highest BCUT2D eigenvalue weighted by Crippen LogP contribution is 2.20. The fourth-order valence-corrected chi connectivity index (χ4v) is 1.24. The Hall–Kier alpha value is -1.59. The molecule has 0 aromatic heterocycles. The van der Waals surface area contributed by atoms with Crippen LogP contribution < -0.4 is 5.32 Å². The summed E-state index contributed by atoms with van der Waals surface area (Å²) in [4.78, 5) is 10.4. The van der Waals surface area contributed by atoms with Crippen LogP contribution in [0.15, 0.2) is 30.3 Å². The maximum Gasteiger partial charge on any atom is 0.471 e. The van der Waals surface area contributed by atoms with Gasteiger partial charge in [-0.3, -0.25) is 4.79 Å². The van der Waals surface area contributed by atoms with E-state index in [-0.39, 0.29) is 13.0 Å². The molecule has 1 amide bonds. The van der Waals surface area contributed by atoms with Crippen LogP contribution in [0.5, 0.6) is 0 Å². The van der Waals surface area contributed by atoms with Crippen molar-refractivity contribution in [2.75, 3.05) is 6.54 Å². The number of carbonyl (C=O) groups excluding carboxylic acids is 1. The van der Waals surface area contributed by atoms with E-state index in [4.69, 9.17) is 0 Å². The second-order valence-electron chi connectivity index (χ2n) is 3.42. The molecule has 6 heteroatoms. The Bertz CT molecular complexity index is 363. The van der Waals surface area contributed by atoms with Gasteiger partial charge in [0.05, 0.1) is 0 Å². The summed E-state index contributed by atoms with van der Waals surface area (Å²) in [7, 11) is 0. The van der Waals surface area contributed by atoms with Gasteiger partial charge in [-0.25, -0.2) is 4.39 Å². The van der Waals surface area contributed by atoms with E-state index in [9.17, 15) is 22.4 Å². The quantitative estimate of drug-likeness (QED) is 0.817. The first kappa shape index (κ1) is 13.5. The molecule has 0 saturated carbocycles. The fraction of sp³-hybridized carbons (Fsp3) is 0.364. The van der Waals surface area contributed by atoms with Gasteiger partial charge in [0.2, 0.25) is 0 Å². The summed E-state index contributed by atoms with van der Waals surface area (Å²) < 4.78 is 48.8. The number of nitrogens with one attached hydrogen (secondary N) is 1. The van der Waals surface area contributed by atoms with Crippen LogP contribution in [0.2, 0.25) is 0 Å². The van der Waals surface area contributed by atoms with Gasteiger partial charge in [0.25, 0.3) is 0 Å². The molecule has 0 heterocycles. The van der Waals surface area contributed by atoms with Crippen molar-refractivity contribution in [2.24, 2.45) is 0 Å². The average molecular weight is 249 g/mol. The molecule has 0 bridgehead atoms. The summed E-state index contributed by atoms with van der Waals surface area (Å²) in [6.07, 6.45) is -6.49. The predicted molar refractivity (Wildman–Crippen MR) is 54.0 cm³/mol. The molecule has 2 nitrogen and oxygen atoms in total. The summed E-state index contributed by atoms with van der Waals surface area (Å²) >= 11 is 0. The smallest absolute Gasteiger partial charge is 0.348 e. The number of halogens is 4. The molecule has 94 valence electrons. The van der Waals surface area contributed by atoms with Crippen molar-refractivity contribution in [1.29, 1.82) is 0 Å². The summed E-state index contributed by atoms with van der Waals surface area (Å²) in [6.45, 7) is -0.353. The fourth-order valence-electron chi connectivity index (χ4n) is 1.24. The normalized spacial score (nSPS) is 13.2. The van der Waals surface area contributed by atoms with Crippen LogP contribution in [0, 0.1) is 0 Å². The van der Waals surface area contributed by atoms with Gasteiger partial charge in [-0.15, -0.1) is 0 Å². The van der Waals surface area contributed by atoms with E-state index in [1.54, 1.807) is 23.5 Å². The van der Waals surface area contributed by atoms with Gasteiger partial charge >= 0.3 is 12.1 Å². The van der Waals surface area contributed by atoms with Gasteiger partial charge in [-0.05, 0) is 5.56 Å². The second-order valence-corrected chi connectivity index (χ2v) is 3.42. The summed E-state index contributed by atoms with van der Waals surface area (Å²) in [6, 6.07) is 8.06. The number of alkyl halides is 4. The lowest BCUT2D eigenvalue weighted by Crippen LogP contribution is -2.37. The molecule has 0 spiro atoms. The first-order chi connectivity index (χ1) is 7.91. The van der Waals surface area contributed by atoms with E-state index < -0.39 is 18.3 Å². The Morgan fingerprint density at radius 1 is 1.24 bits per heavy atom. The van der Waals surface area contributed by atoms with Gasteiger partial charge in [0, 0.05) is 13.0 Å². The van der Waals surface area contributed by atoms with Crippen molar-refractivity contribution in [3.63, 3.8) is 0 Å². The third-order valence-electron chi connectivity index (χ3n) is 2.10. The van der Waals surface area contributed by atoms with E-state index in [0.717, 1.165) is 0 Å². The number of carbonyl (C=O) groups is 1. The lowest BCUT2D eigenvalue weighted by atomic mass is 10.1. The van der Waals surface area contributed by atoms with Gasteiger partial charge in [-0.1, -0.05) is 30.3 Å². The molecule has 0 saturated heterocycles. The van der Waals surface area contributed by atoms with Crippen molar-refractivity contribution in [1.82, 2.24) is 5.32 Å². The maximum absolute atomic E-state index is 13.4. The first-order valence-electron chi connectivity index (χ1n) is 4.95. The Morgan fingerprint density at radius 2 is 1.82 bits per heavy atom. The number of hydrogen-bond acceptors (Lipinski definition) is 1. The van der Waals surface area contributed by atoms with Crippen LogP contribution in [0.25, 0.3) is 0 Å². The van der Waals surface area contributed by atoms with E-state index in [0.29, 0.717) is 5.56 Å². The summed E-state index contributed by atoms with van der Waals surface area (Å²) in [5.41, 5.74) is 0.383. The van der Waals surface area contributed by atoms with E-state index in [1.165, 1.54) is 12.1 Å². The lowest BCUT2D eigenvalue weighted by Gasteiger charge is -2.10. The zero-order valence-electron chi connectivity index (χ0n) is 8.80. The summed E-state index contributed by atoms with van der Waals surface area (Å²) in [5, 5.41) is 1.62. The number of amides is 1. The Balaban J connectivity index is 2.35. The summed E-state index contributed by atoms with van der Waals surface area (Å²) in [5.74, 6) is -2.04. The molecule has 1 aromatic rings. The zero-order valence-corrected chi connectivity index (χ0v) is 8.80. The zero-order chi connectivity index (χ0) is 12.9. The Morgan fingerprint density at radius 3 is 2.35 bits per heavy atom. The molecule has 0 radical (unpaired) electrons. The minimum absolute atomic E-state index is 0.189. The monoisotopic (exact) mass is 249 g/mol. The van der Waals surface area contributed by atoms with Crippen molar-refractivity contribution in [3.8, 4) is 0 Å². The Labute approximate surface area is 95.6 Å². The molecule has 0 aliphatic rings. The second kappa shape index (κ2) is 5.65. The molecule has 0 aliphatic heterocycles. The molecule has 0 aliphatic carbocycles. The largest absolute Gasteiger partial charge is 0.471 e. The minimum atomic E-state index is -4.92. The topological polar surface area (TPSA) is 29.1 Å². The molecule has 1 unspecified atom stereocenters. The van der Waals surface area contributed by atoms with Crippen molar-refractivity contribution < 1.29 is 22.4 Å². The number of rotatable bonds is 4. The average Bonchev–Trinajstić information content (AvgIpc) is 2.28. The maximum atomic E-state index is 13.4. The van der Waals surface area contributed by atoms with Gasteiger partial charge in [0.15, 0.2) is 0 Å². The molecule has 1 rings (SSSR count). The van der Waals surface area contributed by atoms with Crippen molar-refractivity contribution in [2.45, 2.75) is 18.8 Å². The highest BCUT2D eigenvalue weighted by Gasteiger charge is 2.38. The van der Waals surface area contributed by atoms with Crippen LogP contribution in [-0.4, -0.2) is 18.6 Å². The van der Waals surface area contributed by atoms with Crippen LogP contribution in [0.4, 0.5) is 17.6 Å². The van der Waals surface area contributed by atoms with E-state index >= 15 is 0 Å². The Kier molecular flexibility index (Phi) is 4.48. The minimum Gasteiger partial charge on any atom is -0.348 e. The molecular formula is C11H11F4NO. The van der Waals surface area contributed by atoms with Gasteiger partial charge in [-0.2, -0.15) is 13.2 Å². The van der Waals surface area contributed by atoms with E-state index in [2.05, 4.69) is 0 Å². The first-order valence-corrected chi connectivity index (χ1v) is 4.95. The van der Waals surface area contributed by atoms with Crippen LogP contribution in [-0.2, 0) is 4.79 Å².